The third-order valence-electron chi connectivity index (χ3n) is 1.57. The molecule has 0 radical (unpaired) electrons. The minimum absolute atomic E-state index is 0.159. The second kappa shape index (κ2) is 3.90. The summed E-state index contributed by atoms with van der Waals surface area (Å²) in [5, 5.41) is 3.07. The van der Waals surface area contributed by atoms with Crippen molar-refractivity contribution in [2.24, 2.45) is 0 Å². The molecule has 0 saturated carbocycles. The van der Waals surface area contributed by atoms with Gasteiger partial charge in [-0.25, -0.2) is 4.39 Å². The Morgan fingerprint density at radius 2 is 2.33 bits per heavy atom. The normalized spacial score (nSPS) is 12.2. The molecule has 0 fully saturated rings. The van der Waals surface area contributed by atoms with Crippen LogP contribution in [0.4, 0.5) is 10.1 Å². The maximum absolute atomic E-state index is 12.7. The molecule has 2 heteroatoms. The van der Waals surface area contributed by atoms with E-state index in [0.29, 0.717) is 0 Å². The van der Waals surface area contributed by atoms with Crippen LogP contribution in [0.5, 0.6) is 0 Å². The molecule has 0 bridgehead atoms. The Morgan fingerprint density at radius 1 is 1.58 bits per heavy atom. The van der Waals surface area contributed by atoms with Gasteiger partial charge in [-0.1, -0.05) is 12.1 Å². The molecule has 1 unspecified atom stereocenters. The van der Waals surface area contributed by atoms with E-state index < -0.39 is 0 Å². The number of nitrogens with one attached hydrogen (secondary N) is 1. The Balaban J connectivity index is 2.69. The van der Waals surface area contributed by atoms with Crippen molar-refractivity contribution in [2.75, 3.05) is 5.32 Å². The van der Waals surface area contributed by atoms with E-state index in [0.717, 1.165) is 5.69 Å². The van der Waals surface area contributed by atoms with E-state index >= 15 is 0 Å². The third-order valence-corrected chi connectivity index (χ3v) is 1.57. The molecular weight excluding hydrogens is 153 g/mol. The van der Waals surface area contributed by atoms with Crippen LogP contribution in [-0.2, 0) is 0 Å². The van der Waals surface area contributed by atoms with Gasteiger partial charge in [0.15, 0.2) is 0 Å². The molecule has 0 spiro atoms. The summed E-state index contributed by atoms with van der Waals surface area (Å²) in [5.74, 6) is -0.226. The van der Waals surface area contributed by atoms with E-state index in [-0.39, 0.29) is 11.9 Å². The maximum atomic E-state index is 12.7. The first-order chi connectivity index (χ1) is 5.72. The highest BCUT2D eigenvalue weighted by Crippen LogP contribution is 2.10. The van der Waals surface area contributed by atoms with Crippen molar-refractivity contribution in [1.29, 1.82) is 0 Å². The lowest BCUT2D eigenvalue weighted by molar-refractivity contribution is 0.628. The smallest absolute Gasteiger partial charge is 0.125 e. The molecule has 0 aromatic heterocycles. The van der Waals surface area contributed by atoms with E-state index in [4.69, 9.17) is 0 Å². The van der Waals surface area contributed by atoms with Gasteiger partial charge in [-0.2, -0.15) is 0 Å². The fraction of sp³-hybridized carbons (Fsp3) is 0.200. The summed E-state index contributed by atoms with van der Waals surface area (Å²) in [4.78, 5) is 0. The number of hydrogen-bond acceptors (Lipinski definition) is 1. The van der Waals surface area contributed by atoms with Gasteiger partial charge in [-0.3, -0.25) is 0 Å². The standard InChI is InChI=1S/C10H12FN/c1-3-8(2)12-10-6-4-5-9(11)7-10/h3-8,12H,1H2,2H3. The summed E-state index contributed by atoms with van der Waals surface area (Å²) >= 11 is 0. The Morgan fingerprint density at radius 3 is 2.92 bits per heavy atom. The third kappa shape index (κ3) is 2.38. The lowest BCUT2D eigenvalue weighted by atomic mass is 10.2. The minimum atomic E-state index is -0.226. The number of benzene rings is 1. The lowest BCUT2D eigenvalue weighted by Gasteiger charge is -2.09. The fourth-order valence-corrected chi connectivity index (χ4v) is 0.900. The van der Waals surface area contributed by atoms with Crippen molar-refractivity contribution >= 4 is 5.69 Å². The zero-order chi connectivity index (χ0) is 8.97. The summed E-state index contributed by atoms with van der Waals surface area (Å²) in [7, 11) is 0. The molecule has 0 amide bonds. The van der Waals surface area contributed by atoms with E-state index in [2.05, 4.69) is 11.9 Å². The average molecular weight is 165 g/mol. The molecule has 0 heterocycles. The first kappa shape index (κ1) is 8.78. The number of rotatable bonds is 3. The van der Waals surface area contributed by atoms with E-state index in [9.17, 15) is 4.39 Å². The number of halogens is 1. The number of hydrogen-bond donors (Lipinski definition) is 1. The van der Waals surface area contributed by atoms with Gasteiger partial charge in [0.1, 0.15) is 5.82 Å². The molecule has 1 N–H and O–H groups in total. The SMILES string of the molecule is C=CC(C)Nc1cccc(F)c1. The van der Waals surface area contributed by atoms with Gasteiger partial charge >= 0.3 is 0 Å². The Labute approximate surface area is 71.9 Å². The van der Waals surface area contributed by atoms with Gasteiger partial charge in [0.2, 0.25) is 0 Å². The second-order valence-electron chi connectivity index (χ2n) is 2.68. The van der Waals surface area contributed by atoms with E-state index in [1.54, 1.807) is 12.1 Å². The average Bonchev–Trinajstić information content (AvgIpc) is 2.04. The van der Waals surface area contributed by atoms with Crippen molar-refractivity contribution < 1.29 is 4.39 Å². The van der Waals surface area contributed by atoms with Gasteiger partial charge in [0, 0.05) is 11.7 Å². The molecule has 0 saturated heterocycles. The first-order valence-corrected chi connectivity index (χ1v) is 3.87. The zero-order valence-electron chi connectivity index (χ0n) is 7.05. The van der Waals surface area contributed by atoms with Gasteiger partial charge in [-0.05, 0) is 25.1 Å². The largest absolute Gasteiger partial charge is 0.379 e. The zero-order valence-corrected chi connectivity index (χ0v) is 7.05. The topological polar surface area (TPSA) is 12.0 Å². The van der Waals surface area contributed by atoms with Crippen LogP contribution < -0.4 is 5.32 Å². The predicted octanol–water partition coefficient (Wildman–Crippen LogP) is 2.81. The summed E-state index contributed by atoms with van der Waals surface area (Å²) in [6.45, 7) is 5.58. The Bertz CT molecular complexity index is 270. The van der Waals surface area contributed by atoms with Gasteiger partial charge in [0.25, 0.3) is 0 Å². The maximum Gasteiger partial charge on any atom is 0.125 e. The van der Waals surface area contributed by atoms with Crippen LogP contribution in [0, 0.1) is 5.82 Å². The van der Waals surface area contributed by atoms with Crippen molar-refractivity contribution in [1.82, 2.24) is 0 Å². The van der Waals surface area contributed by atoms with Gasteiger partial charge in [0.05, 0.1) is 0 Å². The molecule has 1 atom stereocenters. The van der Waals surface area contributed by atoms with Crippen molar-refractivity contribution in [3.05, 3.63) is 42.7 Å². The van der Waals surface area contributed by atoms with Crippen LogP contribution in [0.1, 0.15) is 6.92 Å². The highest BCUT2D eigenvalue weighted by molar-refractivity contribution is 5.44. The monoisotopic (exact) mass is 165 g/mol. The van der Waals surface area contributed by atoms with Crippen LogP contribution in [-0.4, -0.2) is 6.04 Å². The molecule has 0 aliphatic heterocycles. The summed E-state index contributed by atoms with van der Waals surface area (Å²) in [6, 6.07) is 6.53. The highest BCUT2D eigenvalue weighted by atomic mass is 19.1. The van der Waals surface area contributed by atoms with Gasteiger partial charge in [-0.15, -0.1) is 6.58 Å². The molecule has 1 aromatic carbocycles. The second-order valence-corrected chi connectivity index (χ2v) is 2.68. The summed E-state index contributed by atoms with van der Waals surface area (Å²) in [5.41, 5.74) is 0.780. The molecule has 0 aliphatic carbocycles. The molecule has 0 aliphatic rings. The van der Waals surface area contributed by atoms with Crippen LogP contribution in [0.15, 0.2) is 36.9 Å². The van der Waals surface area contributed by atoms with Crippen LogP contribution >= 0.6 is 0 Å². The minimum Gasteiger partial charge on any atom is -0.379 e. The Hall–Kier alpha value is -1.31. The van der Waals surface area contributed by atoms with Crippen LogP contribution in [0.25, 0.3) is 0 Å². The summed E-state index contributed by atoms with van der Waals surface area (Å²) < 4.78 is 12.7. The van der Waals surface area contributed by atoms with Crippen molar-refractivity contribution in [3.63, 3.8) is 0 Å². The fourth-order valence-electron chi connectivity index (χ4n) is 0.900. The first-order valence-electron chi connectivity index (χ1n) is 3.87. The van der Waals surface area contributed by atoms with E-state index in [1.165, 1.54) is 12.1 Å². The molecule has 64 valence electrons. The molecule has 12 heavy (non-hydrogen) atoms. The van der Waals surface area contributed by atoms with Crippen molar-refractivity contribution in [3.8, 4) is 0 Å². The van der Waals surface area contributed by atoms with Crippen LogP contribution in [0.2, 0.25) is 0 Å². The van der Waals surface area contributed by atoms with E-state index in [1.807, 2.05) is 13.0 Å². The predicted molar refractivity (Wildman–Crippen MR) is 49.7 cm³/mol. The molecule has 1 rings (SSSR count). The molecule has 1 nitrogen and oxygen atoms in total. The highest BCUT2D eigenvalue weighted by Gasteiger charge is 1.96. The number of anilines is 1. The summed E-state index contributed by atoms with van der Waals surface area (Å²) in [6.07, 6.45) is 1.77. The van der Waals surface area contributed by atoms with Crippen LogP contribution in [0.3, 0.4) is 0 Å². The molecular formula is C10H12FN. The molecule has 1 aromatic rings. The quantitative estimate of drug-likeness (QED) is 0.679. The Kier molecular flexibility index (Phi) is 2.86. The lowest BCUT2D eigenvalue weighted by Crippen LogP contribution is -2.10. The van der Waals surface area contributed by atoms with Gasteiger partial charge < -0.3 is 5.32 Å². The van der Waals surface area contributed by atoms with Crippen molar-refractivity contribution in [2.45, 2.75) is 13.0 Å².